The van der Waals surface area contributed by atoms with Gasteiger partial charge < -0.3 is 10.2 Å². The number of benzene rings is 2. The van der Waals surface area contributed by atoms with Gasteiger partial charge in [-0.3, -0.25) is 14.4 Å². The number of hydrogen-bond donors (Lipinski definition) is 2. The lowest BCUT2D eigenvalue weighted by atomic mass is 10.1. The van der Waals surface area contributed by atoms with E-state index in [1.807, 2.05) is 25.1 Å². The molecule has 2 aromatic carbocycles. The molecule has 1 aromatic heterocycles. The van der Waals surface area contributed by atoms with E-state index in [4.69, 9.17) is 0 Å². The van der Waals surface area contributed by atoms with Crippen molar-refractivity contribution in [3.63, 3.8) is 0 Å². The van der Waals surface area contributed by atoms with Crippen LogP contribution in [0.15, 0.2) is 52.7 Å². The molecular weight excluding hydrogens is 486 g/mol. The first kappa shape index (κ1) is 24.9. The second kappa shape index (κ2) is 10.2. The summed E-state index contributed by atoms with van der Waals surface area (Å²) >= 11 is 1.10. The lowest BCUT2D eigenvalue weighted by Crippen LogP contribution is -2.39. The Morgan fingerprint density at radius 2 is 1.83 bits per heavy atom. The van der Waals surface area contributed by atoms with E-state index in [2.05, 4.69) is 10.0 Å². The van der Waals surface area contributed by atoms with E-state index in [-0.39, 0.29) is 22.6 Å². The molecule has 3 aromatic rings. The molecule has 2 heterocycles. The van der Waals surface area contributed by atoms with Crippen LogP contribution in [0.1, 0.15) is 42.1 Å². The second-order valence-electron chi connectivity index (χ2n) is 8.74. The zero-order valence-corrected chi connectivity index (χ0v) is 21.2. The largest absolute Gasteiger partial charge is 0.351 e. The van der Waals surface area contributed by atoms with Gasteiger partial charge in [0.15, 0.2) is 0 Å². The summed E-state index contributed by atoms with van der Waals surface area (Å²) in [5, 5.41) is 3.46. The molecule has 0 saturated carbocycles. The number of rotatable bonds is 7. The molecule has 1 atom stereocenters. The molecule has 2 N–H and O–H groups in total. The summed E-state index contributed by atoms with van der Waals surface area (Å²) in [6.07, 6.45) is 2.37. The van der Waals surface area contributed by atoms with Crippen molar-refractivity contribution in [1.82, 2.24) is 10.0 Å². The van der Waals surface area contributed by atoms with Crippen LogP contribution < -0.4 is 14.9 Å². The summed E-state index contributed by atoms with van der Waals surface area (Å²) in [7, 11) is -4.02. The van der Waals surface area contributed by atoms with E-state index in [0.717, 1.165) is 45.5 Å². The Morgan fingerprint density at radius 3 is 2.54 bits per heavy atom. The third-order valence-electron chi connectivity index (χ3n) is 5.93. The van der Waals surface area contributed by atoms with E-state index >= 15 is 0 Å². The van der Waals surface area contributed by atoms with Gasteiger partial charge in [0.25, 0.3) is 15.9 Å². The number of amides is 3. The van der Waals surface area contributed by atoms with Crippen LogP contribution in [-0.4, -0.2) is 39.2 Å². The molecule has 0 aliphatic carbocycles. The second-order valence-corrected chi connectivity index (χ2v) is 11.7. The molecule has 1 fully saturated rings. The maximum atomic E-state index is 12.7. The van der Waals surface area contributed by atoms with Crippen molar-refractivity contribution < 1.29 is 22.8 Å². The Bertz CT molecular complexity index is 1380. The summed E-state index contributed by atoms with van der Waals surface area (Å²) in [5.74, 6) is -1.77. The Hall–Kier alpha value is -3.24. The number of piperidine rings is 1. The Balaban J connectivity index is 1.33. The molecule has 1 unspecified atom stereocenters. The van der Waals surface area contributed by atoms with E-state index in [1.54, 1.807) is 42.2 Å². The molecule has 1 saturated heterocycles. The molecule has 3 amide bonds. The standard InChI is InChI=1S/C25H27N3O5S2/c1-16-6-7-19-14-23(34-21(19)13-16)35(32,33)27-24(30)17(2)15-26-25(31)18-8-10-20(11-9-18)28-12-4-3-5-22(28)29/h6-11,13-14,17H,3-5,12,15H2,1-2H3,(H,26,31)(H,27,30). The summed E-state index contributed by atoms with van der Waals surface area (Å²) < 4.78 is 28.4. The number of carbonyl (C=O) groups excluding carboxylic acids is 3. The van der Waals surface area contributed by atoms with Crippen molar-refractivity contribution in [2.24, 2.45) is 5.92 Å². The van der Waals surface area contributed by atoms with Gasteiger partial charge in [0.05, 0.1) is 5.92 Å². The molecule has 10 heteroatoms. The lowest BCUT2D eigenvalue weighted by Gasteiger charge is -2.26. The monoisotopic (exact) mass is 513 g/mol. The number of carbonyl (C=O) groups is 3. The Kier molecular flexibility index (Phi) is 7.23. The van der Waals surface area contributed by atoms with Gasteiger partial charge in [0.1, 0.15) is 4.21 Å². The van der Waals surface area contributed by atoms with Crippen molar-refractivity contribution in [2.45, 2.75) is 37.3 Å². The van der Waals surface area contributed by atoms with Gasteiger partial charge in [0, 0.05) is 35.5 Å². The molecule has 1 aliphatic rings. The molecule has 8 nitrogen and oxygen atoms in total. The molecule has 0 radical (unpaired) electrons. The zero-order valence-electron chi connectivity index (χ0n) is 19.5. The van der Waals surface area contributed by atoms with E-state index in [0.29, 0.717) is 18.5 Å². The first-order valence-corrected chi connectivity index (χ1v) is 13.7. The van der Waals surface area contributed by atoms with E-state index in [1.165, 1.54) is 0 Å². The number of nitrogens with zero attached hydrogens (tertiary/aromatic N) is 1. The van der Waals surface area contributed by atoms with Gasteiger partial charge in [-0.15, -0.1) is 11.3 Å². The predicted molar refractivity (Wildman–Crippen MR) is 136 cm³/mol. The van der Waals surface area contributed by atoms with Crippen LogP contribution in [-0.2, 0) is 19.6 Å². The molecule has 0 spiro atoms. The summed E-state index contributed by atoms with van der Waals surface area (Å²) in [6.45, 7) is 4.11. The van der Waals surface area contributed by atoms with Crippen LogP contribution in [0.25, 0.3) is 10.1 Å². The van der Waals surface area contributed by atoms with Crippen LogP contribution >= 0.6 is 11.3 Å². The van der Waals surface area contributed by atoms with Gasteiger partial charge in [-0.25, -0.2) is 13.1 Å². The highest BCUT2D eigenvalue weighted by Crippen LogP contribution is 2.29. The molecule has 35 heavy (non-hydrogen) atoms. The summed E-state index contributed by atoms with van der Waals surface area (Å²) in [6, 6.07) is 13.9. The Labute approximate surface area is 208 Å². The quantitative estimate of drug-likeness (QED) is 0.501. The van der Waals surface area contributed by atoms with Crippen LogP contribution in [0.2, 0.25) is 0 Å². The molecule has 184 valence electrons. The average molecular weight is 514 g/mol. The van der Waals surface area contributed by atoms with E-state index < -0.39 is 21.8 Å². The third-order valence-corrected chi connectivity index (χ3v) is 8.85. The van der Waals surface area contributed by atoms with Crippen LogP contribution in [0.4, 0.5) is 5.69 Å². The van der Waals surface area contributed by atoms with Crippen molar-refractivity contribution in [3.8, 4) is 0 Å². The average Bonchev–Trinajstić information content (AvgIpc) is 3.27. The van der Waals surface area contributed by atoms with Crippen molar-refractivity contribution >= 4 is 54.9 Å². The SMILES string of the molecule is Cc1ccc2cc(S(=O)(=O)NC(=O)C(C)CNC(=O)c3ccc(N4CCCCC4=O)cc3)sc2c1. The number of anilines is 1. The van der Waals surface area contributed by atoms with Crippen LogP contribution in [0, 0.1) is 12.8 Å². The fourth-order valence-electron chi connectivity index (χ4n) is 3.84. The molecular formula is C25H27N3O5S2. The third kappa shape index (κ3) is 5.71. The fraction of sp³-hybridized carbons (Fsp3) is 0.320. The molecule has 0 bridgehead atoms. The topological polar surface area (TPSA) is 113 Å². The predicted octanol–water partition coefficient (Wildman–Crippen LogP) is 3.60. The van der Waals surface area contributed by atoms with Crippen LogP contribution in [0.3, 0.4) is 0 Å². The van der Waals surface area contributed by atoms with Crippen molar-refractivity contribution in [3.05, 3.63) is 59.7 Å². The van der Waals surface area contributed by atoms with Crippen molar-refractivity contribution in [2.75, 3.05) is 18.0 Å². The number of thiophene rings is 1. The van der Waals surface area contributed by atoms with Gasteiger partial charge >= 0.3 is 0 Å². The maximum absolute atomic E-state index is 12.7. The fourth-order valence-corrected chi connectivity index (χ4v) is 6.42. The number of hydrogen-bond acceptors (Lipinski definition) is 6. The number of sulfonamides is 1. The highest BCUT2D eigenvalue weighted by molar-refractivity contribution is 7.92. The minimum atomic E-state index is -4.02. The first-order valence-electron chi connectivity index (χ1n) is 11.4. The number of aryl methyl sites for hydroxylation is 1. The highest BCUT2D eigenvalue weighted by atomic mass is 32.2. The van der Waals surface area contributed by atoms with Gasteiger partial charge in [-0.05, 0) is 67.1 Å². The van der Waals surface area contributed by atoms with Crippen LogP contribution in [0.5, 0.6) is 0 Å². The van der Waals surface area contributed by atoms with Gasteiger partial charge in [-0.2, -0.15) is 0 Å². The van der Waals surface area contributed by atoms with E-state index in [9.17, 15) is 22.8 Å². The normalized spacial score (nSPS) is 15.1. The minimum absolute atomic E-state index is 0.0296. The number of nitrogens with one attached hydrogen (secondary N) is 2. The van der Waals surface area contributed by atoms with Gasteiger partial charge in [0.2, 0.25) is 11.8 Å². The highest BCUT2D eigenvalue weighted by Gasteiger charge is 2.24. The van der Waals surface area contributed by atoms with Crippen molar-refractivity contribution in [1.29, 1.82) is 0 Å². The Morgan fingerprint density at radius 1 is 1.09 bits per heavy atom. The summed E-state index contributed by atoms with van der Waals surface area (Å²) in [5.41, 5.74) is 2.16. The zero-order chi connectivity index (χ0) is 25.2. The van der Waals surface area contributed by atoms with Gasteiger partial charge in [-0.1, -0.05) is 19.1 Å². The maximum Gasteiger partial charge on any atom is 0.273 e. The lowest BCUT2D eigenvalue weighted by molar-refractivity contribution is -0.122. The molecule has 1 aliphatic heterocycles. The first-order chi connectivity index (χ1) is 16.6. The minimum Gasteiger partial charge on any atom is -0.351 e. The smallest absolute Gasteiger partial charge is 0.273 e. The molecule has 4 rings (SSSR count). The summed E-state index contributed by atoms with van der Waals surface area (Å²) in [4.78, 5) is 38.8. The number of fused-ring (bicyclic) bond motifs is 1.